The third-order valence-electron chi connectivity index (χ3n) is 4.97. The van der Waals surface area contributed by atoms with Crippen LogP contribution in [0.15, 0.2) is 76.8 Å². The van der Waals surface area contributed by atoms with Crippen LogP contribution in [0.1, 0.15) is 29.2 Å². The average Bonchev–Trinajstić information content (AvgIpc) is 2.79. The van der Waals surface area contributed by atoms with E-state index in [0.717, 1.165) is 38.8 Å². The lowest BCUT2D eigenvalue weighted by Gasteiger charge is -2.11. The highest BCUT2D eigenvalue weighted by molar-refractivity contribution is 9.10. The summed E-state index contributed by atoms with van der Waals surface area (Å²) in [7, 11) is 1.62. The summed E-state index contributed by atoms with van der Waals surface area (Å²) in [6.07, 6.45) is 3.07. The fourth-order valence-electron chi connectivity index (χ4n) is 3.30. The van der Waals surface area contributed by atoms with Crippen LogP contribution in [0.3, 0.4) is 0 Å². The largest absolute Gasteiger partial charge is 0.496 e. The van der Waals surface area contributed by atoms with Gasteiger partial charge in [-0.25, -0.2) is 0 Å². The summed E-state index contributed by atoms with van der Waals surface area (Å²) in [6.45, 7) is 2.02. The van der Waals surface area contributed by atoms with Crippen molar-refractivity contribution in [3.63, 3.8) is 0 Å². The Morgan fingerprint density at radius 2 is 1.77 bits per heavy atom. The number of ether oxygens (including phenoxy) is 1. The monoisotopic (exact) mass is 474 g/mol. The Hall–Kier alpha value is -3.36. The van der Waals surface area contributed by atoms with Gasteiger partial charge in [0.1, 0.15) is 17.4 Å². The van der Waals surface area contributed by atoms with E-state index < -0.39 is 5.91 Å². The van der Waals surface area contributed by atoms with Gasteiger partial charge in [-0.3, -0.25) is 4.79 Å². The smallest absolute Gasteiger partial charge is 0.266 e. The minimum atomic E-state index is -0.431. The van der Waals surface area contributed by atoms with Gasteiger partial charge < -0.3 is 10.1 Å². The zero-order valence-corrected chi connectivity index (χ0v) is 19.1. The lowest BCUT2D eigenvalue weighted by atomic mass is 10.0. The molecule has 0 unspecified atom stereocenters. The Labute approximate surface area is 191 Å². The average molecular weight is 475 g/mol. The van der Waals surface area contributed by atoms with Gasteiger partial charge in [0.15, 0.2) is 0 Å². The lowest BCUT2D eigenvalue weighted by Crippen LogP contribution is -2.14. The van der Waals surface area contributed by atoms with Crippen molar-refractivity contribution in [2.24, 2.45) is 0 Å². The Morgan fingerprint density at radius 3 is 2.45 bits per heavy atom. The summed E-state index contributed by atoms with van der Waals surface area (Å²) < 4.78 is 6.61. The highest BCUT2D eigenvalue weighted by Gasteiger charge is 2.13. The number of anilines is 1. The van der Waals surface area contributed by atoms with E-state index >= 15 is 0 Å². The van der Waals surface area contributed by atoms with Crippen molar-refractivity contribution in [1.82, 2.24) is 0 Å². The first-order valence-electron chi connectivity index (χ1n) is 9.97. The molecule has 0 spiro atoms. The van der Waals surface area contributed by atoms with Crippen LogP contribution in [0.4, 0.5) is 5.69 Å². The van der Waals surface area contributed by atoms with Crippen molar-refractivity contribution >= 4 is 33.6 Å². The standard InChI is InChI=1S/C26H23BrN2O2/c1-3-19-8-5-7-11-24(19)29-26(30)22(17-28)14-18-12-13-21(25(15-18)31-2)16-20-9-4-6-10-23(20)27/h4-15H,3,16H2,1-2H3,(H,29,30)/b22-14+. The zero-order valence-electron chi connectivity index (χ0n) is 17.5. The molecule has 1 amide bonds. The number of aryl methyl sites for hydroxylation is 1. The van der Waals surface area contributed by atoms with Crippen LogP contribution < -0.4 is 10.1 Å². The summed E-state index contributed by atoms with van der Waals surface area (Å²) in [4.78, 5) is 12.7. The molecule has 4 nitrogen and oxygen atoms in total. The first-order valence-corrected chi connectivity index (χ1v) is 10.8. The molecule has 0 aromatic heterocycles. The molecule has 3 rings (SSSR count). The van der Waals surface area contributed by atoms with Crippen LogP contribution in [-0.4, -0.2) is 13.0 Å². The van der Waals surface area contributed by atoms with Crippen LogP contribution in [0.25, 0.3) is 6.08 Å². The predicted octanol–water partition coefficient (Wildman–Crippen LogP) is 6.16. The number of carbonyl (C=O) groups is 1. The molecule has 0 bridgehead atoms. The number of nitrogens with zero attached hydrogens (tertiary/aromatic N) is 1. The Morgan fingerprint density at radius 1 is 1.06 bits per heavy atom. The van der Waals surface area contributed by atoms with E-state index in [4.69, 9.17) is 4.74 Å². The third-order valence-corrected chi connectivity index (χ3v) is 5.75. The molecular weight excluding hydrogens is 452 g/mol. The number of nitrogens with one attached hydrogen (secondary N) is 1. The molecule has 0 aliphatic heterocycles. The van der Waals surface area contributed by atoms with Crippen LogP contribution in [0.2, 0.25) is 0 Å². The molecule has 1 N–H and O–H groups in total. The van der Waals surface area contributed by atoms with Crippen molar-refractivity contribution in [1.29, 1.82) is 5.26 Å². The van der Waals surface area contributed by atoms with Gasteiger partial charge in [0, 0.05) is 16.6 Å². The van der Waals surface area contributed by atoms with E-state index in [1.54, 1.807) is 13.2 Å². The molecule has 31 heavy (non-hydrogen) atoms. The number of nitriles is 1. The van der Waals surface area contributed by atoms with E-state index in [-0.39, 0.29) is 5.57 Å². The number of rotatable bonds is 7. The second kappa shape index (κ2) is 10.6. The van der Waals surface area contributed by atoms with E-state index in [9.17, 15) is 10.1 Å². The lowest BCUT2D eigenvalue weighted by molar-refractivity contribution is -0.112. The number of hydrogen-bond acceptors (Lipinski definition) is 3. The van der Waals surface area contributed by atoms with Crippen molar-refractivity contribution in [2.45, 2.75) is 19.8 Å². The molecule has 0 heterocycles. The molecule has 156 valence electrons. The number of para-hydroxylation sites is 1. The molecule has 3 aromatic carbocycles. The van der Waals surface area contributed by atoms with Gasteiger partial charge in [-0.1, -0.05) is 71.4 Å². The van der Waals surface area contributed by atoms with Crippen molar-refractivity contribution in [2.75, 3.05) is 12.4 Å². The van der Waals surface area contributed by atoms with E-state index in [0.29, 0.717) is 12.2 Å². The number of benzene rings is 3. The third kappa shape index (κ3) is 5.62. The number of carbonyl (C=O) groups excluding carboxylic acids is 1. The van der Waals surface area contributed by atoms with Gasteiger partial charge in [-0.2, -0.15) is 5.26 Å². The maximum absolute atomic E-state index is 12.7. The maximum Gasteiger partial charge on any atom is 0.266 e. The first kappa shape index (κ1) is 22.3. The molecule has 0 saturated heterocycles. The van der Waals surface area contributed by atoms with Crippen LogP contribution in [0, 0.1) is 11.3 Å². The summed E-state index contributed by atoms with van der Waals surface area (Å²) in [5.41, 5.74) is 4.67. The molecule has 3 aromatic rings. The second-order valence-corrected chi connectivity index (χ2v) is 7.83. The molecule has 0 atom stereocenters. The molecule has 0 aliphatic rings. The number of halogens is 1. The highest BCUT2D eigenvalue weighted by atomic mass is 79.9. The quantitative estimate of drug-likeness (QED) is 0.329. The fourth-order valence-corrected chi connectivity index (χ4v) is 3.72. The van der Waals surface area contributed by atoms with Gasteiger partial charge in [0.25, 0.3) is 5.91 Å². The normalized spacial score (nSPS) is 11.0. The van der Waals surface area contributed by atoms with Crippen LogP contribution in [-0.2, 0) is 17.6 Å². The SMILES string of the molecule is CCc1ccccc1NC(=O)/C(C#N)=C/c1ccc(Cc2ccccc2Br)c(OC)c1. The van der Waals surface area contributed by atoms with Gasteiger partial charge in [-0.15, -0.1) is 0 Å². The molecule has 0 fully saturated rings. The maximum atomic E-state index is 12.7. The number of methoxy groups -OCH3 is 1. The van der Waals surface area contributed by atoms with E-state index in [1.165, 1.54) is 0 Å². The molecule has 0 saturated carbocycles. The number of hydrogen-bond donors (Lipinski definition) is 1. The fraction of sp³-hybridized carbons (Fsp3) is 0.154. The van der Waals surface area contributed by atoms with Crippen molar-refractivity contribution < 1.29 is 9.53 Å². The van der Waals surface area contributed by atoms with Crippen LogP contribution in [0.5, 0.6) is 5.75 Å². The molecular formula is C26H23BrN2O2. The van der Waals surface area contributed by atoms with Crippen LogP contribution >= 0.6 is 15.9 Å². The van der Waals surface area contributed by atoms with E-state index in [1.807, 2.05) is 73.7 Å². The molecule has 0 radical (unpaired) electrons. The Balaban J connectivity index is 1.84. The van der Waals surface area contributed by atoms with Gasteiger partial charge >= 0.3 is 0 Å². The zero-order chi connectivity index (χ0) is 22.2. The Kier molecular flexibility index (Phi) is 7.64. The van der Waals surface area contributed by atoms with Crippen molar-refractivity contribution in [3.8, 4) is 11.8 Å². The van der Waals surface area contributed by atoms with Gasteiger partial charge in [0.2, 0.25) is 0 Å². The minimum Gasteiger partial charge on any atom is -0.496 e. The summed E-state index contributed by atoms with van der Waals surface area (Å²) in [6, 6.07) is 23.3. The molecule has 0 aliphatic carbocycles. The predicted molar refractivity (Wildman–Crippen MR) is 128 cm³/mol. The first-order chi connectivity index (χ1) is 15.0. The highest BCUT2D eigenvalue weighted by Crippen LogP contribution is 2.27. The summed E-state index contributed by atoms with van der Waals surface area (Å²) in [5, 5.41) is 12.4. The molecule has 5 heteroatoms. The topological polar surface area (TPSA) is 62.1 Å². The second-order valence-electron chi connectivity index (χ2n) is 6.97. The summed E-state index contributed by atoms with van der Waals surface area (Å²) in [5.74, 6) is 0.276. The minimum absolute atomic E-state index is 0.0338. The summed E-state index contributed by atoms with van der Waals surface area (Å²) >= 11 is 3.58. The van der Waals surface area contributed by atoms with E-state index in [2.05, 4.69) is 27.3 Å². The number of amides is 1. The van der Waals surface area contributed by atoms with Gasteiger partial charge in [-0.05, 0) is 52.9 Å². The van der Waals surface area contributed by atoms with Crippen molar-refractivity contribution in [3.05, 3.63) is 99.0 Å². The van der Waals surface area contributed by atoms with Gasteiger partial charge in [0.05, 0.1) is 7.11 Å². The Bertz CT molecular complexity index is 1160.